The minimum absolute atomic E-state index is 0.0558. The summed E-state index contributed by atoms with van der Waals surface area (Å²) in [7, 11) is 0. The lowest BCUT2D eigenvalue weighted by Gasteiger charge is -2.37. The number of amides is 2. The average Bonchev–Trinajstić information content (AvgIpc) is 3.28. The van der Waals surface area contributed by atoms with Crippen LogP contribution >= 0.6 is 11.6 Å². The highest BCUT2D eigenvalue weighted by Gasteiger charge is 2.41. The molecule has 1 aromatic carbocycles. The van der Waals surface area contributed by atoms with Crippen molar-refractivity contribution >= 4 is 23.4 Å². The van der Waals surface area contributed by atoms with Gasteiger partial charge in [-0.2, -0.15) is 27.1 Å². The topological polar surface area (TPSA) is 80.4 Å². The van der Waals surface area contributed by atoms with E-state index < -0.39 is 52.8 Å². The highest BCUT2D eigenvalue weighted by atomic mass is 35.5. The van der Waals surface area contributed by atoms with Gasteiger partial charge in [0.15, 0.2) is 0 Å². The van der Waals surface area contributed by atoms with Gasteiger partial charge in [0.05, 0.1) is 34.9 Å². The second-order valence-corrected chi connectivity index (χ2v) is 10.8. The van der Waals surface area contributed by atoms with Crippen molar-refractivity contribution in [1.82, 2.24) is 24.1 Å². The third-order valence-corrected chi connectivity index (χ3v) is 8.02. The Morgan fingerprint density at radius 3 is 2.44 bits per heavy atom. The van der Waals surface area contributed by atoms with Crippen molar-refractivity contribution in [2.75, 3.05) is 6.54 Å². The van der Waals surface area contributed by atoms with Crippen molar-refractivity contribution in [2.24, 2.45) is 0 Å². The lowest BCUT2D eigenvalue weighted by molar-refractivity contribution is -0.137. The van der Waals surface area contributed by atoms with Crippen LogP contribution < -0.4 is 5.56 Å². The van der Waals surface area contributed by atoms with E-state index in [1.54, 1.807) is 18.5 Å². The molecule has 218 valence electrons. The SMILES string of the molecule is C[C@@H]1Cc2nn3c(c2CN1C(=O)c1ccc(Cl)c(C(F)(F)F)c1)C(=O)N([C@@H](C)c1ccn(C(F)F)c(=O)c1)C[C@H]3C. The van der Waals surface area contributed by atoms with Crippen LogP contribution in [0.3, 0.4) is 0 Å². The van der Waals surface area contributed by atoms with Crippen molar-refractivity contribution < 1.29 is 31.5 Å². The maximum atomic E-state index is 13.8. The van der Waals surface area contributed by atoms with Gasteiger partial charge in [0.25, 0.3) is 17.4 Å². The number of carbonyl (C=O) groups excluding carboxylic acids is 2. The molecule has 0 N–H and O–H groups in total. The first-order valence-corrected chi connectivity index (χ1v) is 13.2. The van der Waals surface area contributed by atoms with Crippen molar-refractivity contribution in [1.29, 1.82) is 0 Å². The summed E-state index contributed by atoms with van der Waals surface area (Å²) in [4.78, 5) is 42.3. The second kappa shape index (κ2) is 10.3. The van der Waals surface area contributed by atoms with Crippen molar-refractivity contribution in [3.63, 3.8) is 0 Å². The van der Waals surface area contributed by atoms with E-state index in [1.807, 2.05) is 6.92 Å². The van der Waals surface area contributed by atoms with Gasteiger partial charge >= 0.3 is 12.7 Å². The number of hydrogen-bond donors (Lipinski definition) is 0. The number of alkyl halides is 5. The van der Waals surface area contributed by atoms with E-state index in [-0.39, 0.29) is 41.4 Å². The summed E-state index contributed by atoms with van der Waals surface area (Å²) in [6.45, 7) is 2.46. The summed E-state index contributed by atoms with van der Waals surface area (Å²) in [6.07, 6.45) is -3.48. The van der Waals surface area contributed by atoms with Crippen LogP contribution in [0.15, 0.2) is 41.3 Å². The van der Waals surface area contributed by atoms with E-state index in [4.69, 9.17) is 11.6 Å². The Hall–Kier alpha value is -3.74. The zero-order valence-corrected chi connectivity index (χ0v) is 22.9. The number of pyridine rings is 1. The fraction of sp³-hybridized carbons (Fsp3) is 0.407. The molecule has 3 atom stereocenters. The molecule has 0 saturated heterocycles. The van der Waals surface area contributed by atoms with Gasteiger partial charge in [0, 0.05) is 42.4 Å². The van der Waals surface area contributed by atoms with E-state index in [9.17, 15) is 36.3 Å². The van der Waals surface area contributed by atoms with Crippen molar-refractivity contribution in [3.05, 3.63) is 85.5 Å². The Morgan fingerprint density at radius 1 is 1.10 bits per heavy atom. The number of aromatic nitrogens is 3. The normalized spacial score (nSPS) is 19.8. The molecule has 8 nitrogen and oxygen atoms in total. The molecule has 0 bridgehead atoms. The standard InChI is InChI=1S/C27H25ClF5N5O3/c1-13-8-21-18(12-36(13)24(40)17-4-5-20(28)19(9-17)27(31,32)33)23-25(41)37(11-14(2)38(23)34-21)15(3)16-6-7-35(26(29)30)22(39)10-16/h4-7,9-10,13-15,26H,8,11-12H2,1-3H3/t13-,14-,15+/m1/s1. The first kappa shape index (κ1) is 28.8. The van der Waals surface area contributed by atoms with Gasteiger partial charge < -0.3 is 9.80 Å². The predicted molar refractivity (Wildman–Crippen MR) is 138 cm³/mol. The summed E-state index contributed by atoms with van der Waals surface area (Å²) >= 11 is 5.73. The molecule has 2 aromatic heterocycles. The molecule has 5 rings (SSSR count). The molecular weight excluding hydrogens is 573 g/mol. The molecule has 14 heteroatoms. The van der Waals surface area contributed by atoms with Crippen LogP contribution in [0.4, 0.5) is 22.0 Å². The lowest BCUT2D eigenvalue weighted by atomic mass is 9.96. The molecule has 0 aliphatic carbocycles. The zero-order chi connectivity index (χ0) is 30.0. The largest absolute Gasteiger partial charge is 0.417 e. The van der Waals surface area contributed by atoms with Gasteiger partial charge in [-0.1, -0.05) is 11.6 Å². The van der Waals surface area contributed by atoms with E-state index in [0.717, 1.165) is 24.4 Å². The Bertz CT molecular complexity index is 1600. The van der Waals surface area contributed by atoms with Crippen LogP contribution in [0.25, 0.3) is 0 Å². The van der Waals surface area contributed by atoms with Gasteiger partial charge in [-0.25, -0.2) is 0 Å². The molecule has 2 aliphatic heterocycles. The van der Waals surface area contributed by atoms with Crippen molar-refractivity contribution in [3.8, 4) is 0 Å². The Balaban J connectivity index is 1.47. The van der Waals surface area contributed by atoms with Crippen molar-refractivity contribution in [2.45, 2.75) is 64.6 Å². The third kappa shape index (κ3) is 5.00. The quantitative estimate of drug-likeness (QED) is 0.373. The highest BCUT2D eigenvalue weighted by Crippen LogP contribution is 2.37. The van der Waals surface area contributed by atoms with E-state index >= 15 is 0 Å². The van der Waals surface area contributed by atoms with Crippen LogP contribution in [0.1, 0.15) is 82.6 Å². The number of hydrogen-bond acceptors (Lipinski definition) is 4. The summed E-state index contributed by atoms with van der Waals surface area (Å²) in [5.41, 5.74) is -0.490. The molecule has 0 radical (unpaired) electrons. The van der Waals surface area contributed by atoms with Crippen LogP contribution in [0, 0.1) is 0 Å². The number of fused-ring (bicyclic) bond motifs is 3. The molecule has 2 aliphatic rings. The minimum Gasteiger partial charge on any atom is -0.331 e. The number of halogens is 6. The number of rotatable bonds is 4. The number of nitrogens with zero attached hydrogens (tertiary/aromatic N) is 5. The molecule has 41 heavy (non-hydrogen) atoms. The second-order valence-electron chi connectivity index (χ2n) is 10.4. The molecule has 0 fully saturated rings. The van der Waals surface area contributed by atoms with Gasteiger partial charge in [0.2, 0.25) is 0 Å². The molecule has 0 saturated carbocycles. The van der Waals surface area contributed by atoms with Crippen LogP contribution in [-0.2, 0) is 19.1 Å². The molecule has 0 spiro atoms. The summed E-state index contributed by atoms with van der Waals surface area (Å²) in [5.74, 6) is -1.07. The molecule has 2 amide bonds. The Labute approximate surface area is 235 Å². The summed E-state index contributed by atoms with van der Waals surface area (Å²) in [5, 5.41) is 4.12. The number of benzene rings is 1. The molecular formula is C27H25ClF5N5O3. The van der Waals surface area contributed by atoms with Crippen LogP contribution in [0.5, 0.6) is 0 Å². The van der Waals surface area contributed by atoms with Crippen LogP contribution in [0.2, 0.25) is 5.02 Å². The highest BCUT2D eigenvalue weighted by molar-refractivity contribution is 6.31. The monoisotopic (exact) mass is 597 g/mol. The Morgan fingerprint density at radius 2 is 1.80 bits per heavy atom. The average molecular weight is 598 g/mol. The molecule has 0 unspecified atom stereocenters. The molecule has 4 heterocycles. The van der Waals surface area contributed by atoms with Gasteiger partial charge in [-0.3, -0.25) is 23.6 Å². The van der Waals surface area contributed by atoms with Gasteiger partial charge in [-0.15, -0.1) is 0 Å². The maximum absolute atomic E-state index is 13.8. The fourth-order valence-electron chi connectivity index (χ4n) is 5.44. The zero-order valence-electron chi connectivity index (χ0n) is 22.1. The van der Waals surface area contributed by atoms with Gasteiger partial charge in [0.1, 0.15) is 5.69 Å². The van der Waals surface area contributed by atoms with E-state index in [2.05, 4.69) is 5.10 Å². The predicted octanol–water partition coefficient (Wildman–Crippen LogP) is 5.48. The smallest absolute Gasteiger partial charge is 0.331 e. The third-order valence-electron chi connectivity index (χ3n) is 7.69. The summed E-state index contributed by atoms with van der Waals surface area (Å²) < 4.78 is 68.2. The van der Waals surface area contributed by atoms with Gasteiger partial charge in [-0.05, 0) is 50.6 Å². The molecule has 3 aromatic rings. The lowest BCUT2D eigenvalue weighted by Crippen LogP contribution is -2.45. The minimum atomic E-state index is -4.74. The van der Waals surface area contributed by atoms with Crippen LogP contribution in [-0.4, -0.2) is 48.5 Å². The summed E-state index contributed by atoms with van der Waals surface area (Å²) in [6, 6.07) is 4.07. The van der Waals surface area contributed by atoms with E-state index in [1.165, 1.54) is 21.9 Å². The maximum Gasteiger partial charge on any atom is 0.417 e. The first-order chi connectivity index (χ1) is 19.2. The fourth-order valence-corrected chi connectivity index (χ4v) is 5.67. The number of carbonyl (C=O) groups is 2. The Kier molecular flexibility index (Phi) is 7.21. The first-order valence-electron chi connectivity index (χ1n) is 12.8. The van der Waals surface area contributed by atoms with E-state index in [0.29, 0.717) is 16.8 Å².